The highest BCUT2D eigenvalue weighted by molar-refractivity contribution is 6.30. The number of esters is 1. The number of carbonyl (C=O) groups excluding carboxylic acids is 1. The van der Waals surface area contributed by atoms with E-state index < -0.39 is 0 Å². The van der Waals surface area contributed by atoms with Gasteiger partial charge in [0, 0.05) is 37.2 Å². The van der Waals surface area contributed by atoms with Crippen LogP contribution in [0.2, 0.25) is 5.15 Å². The Morgan fingerprint density at radius 1 is 1.61 bits per heavy atom. The first-order valence-corrected chi connectivity index (χ1v) is 6.58. The lowest BCUT2D eigenvalue weighted by Gasteiger charge is -2.27. The van der Waals surface area contributed by atoms with Crippen LogP contribution in [0.1, 0.15) is 31.4 Å². The largest absolute Gasteiger partial charge is 0.446 e. The van der Waals surface area contributed by atoms with E-state index in [1.54, 1.807) is 6.20 Å². The zero-order valence-electron chi connectivity index (χ0n) is 10.2. The number of piperidine rings is 1. The highest BCUT2D eigenvalue weighted by atomic mass is 35.5. The summed E-state index contributed by atoms with van der Waals surface area (Å²) in [5, 5.41) is 0.552. The maximum Gasteiger partial charge on any atom is 0.304 e. The molecule has 0 radical (unpaired) electrons. The normalized spacial score (nSPS) is 33.7. The van der Waals surface area contributed by atoms with Crippen LogP contribution >= 0.6 is 11.6 Å². The second-order valence-electron chi connectivity index (χ2n) is 4.92. The van der Waals surface area contributed by atoms with Crippen LogP contribution in [-0.2, 0) is 9.53 Å². The first-order valence-electron chi connectivity index (χ1n) is 6.20. The minimum atomic E-state index is -0.213. The summed E-state index contributed by atoms with van der Waals surface area (Å²) in [6.07, 6.45) is 3.69. The lowest BCUT2D eigenvalue weighted by Crippen LogP contribution is -2.32. The molecule has 0 N–H and O–H groups in total. The van der Waals surface area contributed by atoms with Gasteiger partial charge in [-0.3, -0.25) is 9.69 Å². The second kappa shape index (κ2) is 4.52. The van der Waals surface area contributed by atoms with Crippen molar-refractivity contribution in [1.82, 2.24) is 9.88 Å². The Hall–Kier alpha value is -1.13. The Morgan fingerprint density at radius 3 is 3.17 bits per heavy atom. The third kappa shape index (κ3) is 1.89. The van der Waals surface area contributed by atoms with Crippen LogP contribution in [0.5, 0.6) is 0 Å². The van der Waals surface area contributed by atoms with Crippen molar-refractivity contribution in [3.63, 3.8) is 0 Å². The number of hydrogen-bond donors (Lipinski definition) is 0. The topological polar surface area (TPSA) is 42.4 Å². The van der Waals surface area contributed by atoms with Gasteiger partial charge in [-0.2, -0.15) is 0 Å². The number of nitrogens with zero attached hydrogens (tertiary/aromatic N) is 2. The number of hydrogen-bond acceptors (Lipinski definition) is 4. The molecular formula is C13H15ClN2O2. The smallest absolute Gasteiger partial charge is 0.304 e. The lowest BCUT2D eigenvalue weighted by molar-refractivity contribution is -0.154. The van der Waals surface area contributed by atoms with Crippen LogP contribution in [0, 0.1) is 5.92 Å². The first kappa shape index (κ1) is 11.9. The van der Waals surface area contributed by atoms with Crippen molar-refractivity contribution < 1.29 is 9.53 Å². The average Bonchev–Trinajstić information content (AvgIpc) is 2.86. The molecule has 0 aliphatic carbocycles. The van der Waals surface area contributed by atoms with Crippen LogP contribution in [0.15, 0.2) is 18.3 Å². The summed E-state index contributed by atoms with van der Waals surface area (Å²) in [5.74, 6) is 0.213. The van der Waals surface area contributed by atoms with Crippen molar-refractivity contribution >= 4 is 17.6 Å². The summed E-state index contributed by atoms with van der Waals surface area (Å²) in [7, 11) is 0. The summed E-state index contributed by atoms with van der Waals surface area (Å²) >= 11 is 6.15. The predicted molar refractivity (Wildman–Crippen MR) is 67.0 cm³/mol. The van der Waals surface area contributed by atoms with Crippen molar-refractivity contribution in [2.45, 2.75) is 32.0 Å². The summed E-state index contributed by atoms with van der Waals surface area (Å²) < 4.78 is 5.41. The zero-order chi connectivity index (χ0) is 12.7. The fourth-order valence-corrected chi connectivity index (χ4v) is 3.38. The number of fused-ring (bicyclic) bond motifs is 2. The van der Waals surface area contributed by atoms with Gasteiger partial charge in [-0.15, -0.1) is 0 Å². The van der Waals surface area contributed by atoms with Gasteiger partial charge in [0.1, 0.15) is 5.15 Å². The van der Waals surface area contributed by atoms with Crippen molar-refractivity contribution in [2.75, 3.05) is 6.54 Å². The van der Waals surface area contributed by atoms with E-state index in [0.29, 0.717) is 11.1 Å². The van der Waals surface area contributed by atoms with Gasteiger partial charge < -0.3 is 4.74 Å². The zero-order valence-corrected chi connectivity index (χ0v) is 10.9. The van der Waals surface area contributed by atoms with Gasteiger partial charge in [0.25, 0.3) is 0 Å². The van der Waals surface area contributed by atoms with Crippen molar-refractivity contribution in [1.29, 1.82) is 0 Å². The van der Waals surface area contributed by atoms with E-state index in [0.717, 1.165) is 24.9 Å². The predicted octanol–water partition coefficient (Wildman–Crippen LogP) is 2.39. The monoisotopic (exact) mass is 266 g/mol. The average molecular weight is 267 g/mol. The number of pyridine rings is 1. The molecule has 2 aliphatic rings. The van der Waals surface area contributed by atoms with E-state index in [1.807, 2.05) is 12.1 Å². The highest BCUT2D eigenvalue weighted by Gasteiger charge is 2.49. The summed E-state index contributed by atoms with van der Waals surface area (Å²) in [5.41, 5.74) is 1.04. The molecule has 1 aromatic heterocycles. The van der Waals surface area contributed by atoms with Gasteiger partial charge in [0.15, 0.2) is 6.23 Å². The molecule has 0 spiro atoms. The molecule has 2 aliphatic heterocycles. The first-order chi connectivity index (χ1) is 8.66. The minimum Gasteiger partial charge on any atom is -0.446 e. The quantitative estimate of drug-likeness (QED) is 0.609. The molecule has 18 heavy (non-hydrogen) atoms. The molecule has 4 unspecified atom stereocenters. The highest BCUT2D eigenvalue weighted by Crippen LogP contribution is 2.48. The Kier molecular flexibility index (Phi) is 2.99. The van der Waals surface area contributed by atoms with Gasteiger partial charge in [0.05, 0.1) is 0 Å². The van der Waals surface area contributed by atoms with E-state index in [2.05, 4.69) is 9.88 Å². The SMILES string of the molecule is CC(=O)OC1C2CCN1C(c1cccnc1Cl)C2. The third-order valence-corrected chi connectivity index (χ3v) is 4.16. The number of rotatable bonds is 2. The minimum absolute atomic E-state index is 0.0798. The van der Waals surface area contributed by atoms with Gasteiger partial charge >= 0.3 is 5.97 Å². The van der Waals surface area contributed by atoms with Gasteiger partial charge in [-0.1, -0.05) is 17.7 Å². The van der Waals surface area contributed by atoms with E-state index in [9.17, 15) is 4.79 Å². The Labute approximate surface area is 111 Å². The maximum atomic E-state index is 11.1. The van der Waals surface area contributed by atoms with Crippen LogP contribution in [0.25, 0.3) is 0 Å². The van der Waals surface area contributed by atoms with Crippen molar-refractivity contribution in [2.24, 2.45) is 5.92 Å². The van der Waals surface area contributed by atoms with Crippen LogP contribution in [-0.4, -0.2) is 28.6 Å². The Morgan fingerprint density at radius 2 is 2.44 bits per heavy atom. The summed E-state index contributed by atoms with van der Waals surface area (Å²) in [6.45, 7) is 2.42. The lowest BCUT2D eigenvalue weighted by atomic mass is 9.96. The van der Waals surface area contributed by atoms with Gasteiger partial charge in [-0.05, 0) is 18.9 Å². The Balaban J connectivity index is 1.85. The molecule has 4 nitrogen and oxygen atoms in total. The van der Waals surface area contributed by atoms with E-state index in [1.165, 1.54) is 6.92 Å². The molecule has 3 heterocycles. The van der Waals surface area contributed by atoms with Crippen molar-refractivity contribution in [3.05, 3.63) is 29.0 Å². The summed E-state index contributed by atoms with van der Waals surface area (Å²) in [6, 6.07) is 4.13. The number of halogens is 1. The van der Waals surface area contributed by atoms with E-state index in [4.69, 9.17) is 16.3 Å². The molecule has 1 aromatic rings. The number of ether oxygens (including phenoxy) is 1. The third-order valence-electron chi connectivity index (χ3n) is 3.85. The fourth-order valence-electron chi connectivity index (χ4n) is 3.13. The number of aromatic nitrogens is 1. The standard InChI is InChI=1S/C13H15ClN2O2/c1-8(17)18-13-9-4-6-16(13)11(7-9)10-3-2-5-15-12(10)14/h2-3,5,9,11,13H,4,6-7H2,1H3. The van der Waals surface area contributed by atoms with E-state index in [-0.39, 0.29) is 18.2 Å². The molecule has 2 fully saturated rings. The van der Waals surface area contributed by atoms with Crippen LogP contribution < -0.4 is 0 Å². The molecule has 3 rings (SSSR count). The van der Waals surface area contributed by atoms with E-state index >= 15 is 0 Å². The van der Waals surface area contributed by atoms with Crippen LogP contribution in [0.3, 0.4) is 0 Å². The Bertz CT molecular complexity index is 480. The maximum absolute atomic E-state index is 11.1. The fraction of sp³-hybridized carbons (Fsp3) is 0.538. The number of carbonyl (C=O) groups is 1. The summed E-state index contributed by atoms with van der Waals surface area (Å²) in [4.78, 5) is 17.5. The molecule has 0 saturated carbocycles. The van der Waals surface area contributed by atoms with Crippen molar-refractivity contribution in [3.8, 4) is 0 Å². The van der Waals surface area contributed by atoms with Gasteiger partial charge in [0.2, 0.25) is 0 Å². The molecule has 96 valence electrons. The molecule has 0 aromatic carbocycles. The molecule has 5 heteroatoms. The molecule has 2 bridgehead atoms. The molecule has 4 atom stereocenters. The second-order valence-corrected chi connectivity index (χ2v) is 5.28. The molecule has 0 amide bonds. The van der Waals surface area contributed by atoms with Crippen LogP contribution in [0.4, 0.5) is 0 Å². The van der Waals surface area contributed by atoms with Gasteiger partial charge in [-0.25, -0.2) is 4.98 Å². The molecular weight excluding hydrogens is 252 g/mol. The molecule has 2 saturated heterocycles.